The van der Waals surface area contributed by atoms with Crippen LogP contribution in [0, 0.1) is 0 Å². The molecular formula is C13H14ClNOS. The van der Waals surface area contributed by atoms with Crippen LogP contribution in [-0.2, 0) is 12.8 Å². The molecule has 90 valence electrons. The summed E-state index contributed by atoms with van der Waals surface area (Å²) in [6, 6.07) is 7.57. The molecule has 0 fully saturated rings. The van der Waals surface area contributed by atoms with Gasteiger partial charge >= 0.3 is 0 Å². The Morgan fingerprint density at radius 1 is 1.29 bits per heavy atom. The normalized spacial score (nSPS) is 14.5. The summed E-state index contributed by atoms with van der Waals surface area (Å²) >= 11 is 7.40. The summed E-state index contributed by atoms with van der Waals surface area (Å²) in [4.78, 5) is 4.19. The lowest BCUT2D eigenvalue weighted by Crippen LogP contribution is -2.30. The van der Waals surface area contributed by atoms with Gasteiger partial charge in [0.25, 0.3) is 0 Å². The number of nitrogens with zero attached hydrogens (tertiary/aromatic N) is 1. The fourth-order valence-electron chi connectivity index (χ4n) is 1.77. The summed E-state index contributed by atoms with van der Waals surface area (Å²) in [6.07, 6.45) is 2.94. The van der Waals surface area contributed by atoms with Crippen molar-refractivity contribution in [1.29, 1.82) is 0 Å². The number of benzene rings is 1. The molecule has 1 unspecified atom stereocenters. The molecule has 2 rings (SSSR count). The van der Waals surface area contributed by atoms with Crippen LogP contribution in [0.5, 0.6) is 0 Å². The first-order chi connectivity index (χ1) is 8.05. The maximum Gasteiger partial charge on any atom is 0.0953 e. The quantitative estimate of drug-likeness (QED) is 0.922. The lowest BCUT2D eigenvalue weighted by atomic mass is 9.93. The molecule has 0 aliphatic rings. The van der Waals surface area contributed by atoms with Gasteiger partial charge < -0.3 is 5.11 Å². The zero-order chi connectivity index (χ0) is 12.3. The molecule has 0 aliphatic carbocycles. The molecule has 2 aromatic rings. The van der Waals surface area contributed by atoms with Crippen LogP contribution in [0.1, 0.15) is 17.5 Å². The highest BCUT2D eigenvalue weighted by Gasteiger charge is 2.22. The van der Waals surface area contributed by atoms with E-state index >= 15 is 0 Å². The minimum absolute atomic E-state index is 0.577. The zero-order valence-corrected chi connectivity index (χ0v) is 11.1. The Balaban J connectivity index is 2.03. The topological polar surface area (TPSA) is 33.1 Å². The molecule has 0 saturated heterocycles. The highest BCUT2D eigenvalue weighted by molar-refractivity contribution is 7.09. The van der Waals surface area contributed by atoms with E-state index in [1.807, 2.05) is 36.6 Å². The number of aliphatic hydroxyl groups is 1. The predicted octanol–water partition coefficient (Wildman–Crippen LogP) is 3.33. The first kappa shape index (κ1) is 12.6. The van der Waals surface area contributed by atoms with Crippen LogP contribution < -0.4 is 0 Å². The molecular weight excluding hydrogens is 254 g/mol. The van der Waals surface area contributed by atoms with Crippen molar-refractivity contribution in [2.45, 2.75) is 25.4 Å². The average Bonchev–Trinajstić information content (AvgIpc) is 2.73. The van der Waals surface area contributed by atoms with E-state index in [1.54, 1.807) is 17.5 Å². The molecule has 0 aliphatic heterocycles. The zero-order valence-electron chi connectivity index (χ0n) is 9.56. The van der Waals surface area contributed by atoms with Gasteiger partial charge in [0.2, 0.25) is 0 Å². The van der Waals surface area contributed by atoms with Gasteiger partial charge in [-0.3, -0.25) is 0 Å². The van der Waals surface area contributed by atoms with Crippen LogP contribution in [0.15, 0.2) is 35.8 Å². The van der Waals surface area contributed by atoms with Gasteiger partial charge in [0.1, 0.15) is 0 Å². The fraction of sp³-hybridized carbons (Fsp3) is 0.308. The van der Waals surface area contributed by atoms with Crippen LogP contribution in [0.25, 0.3) is 0 Å². The molecule has 1 aromatic heterocycles. The van der Waals surface area contributed by atoms with Crippen molar-refractivity contribution in [2.24, 2.45) is 0 Å². The molecule has 4 heteroatoms. The van der Waals surface area contributed by atoms with Crippen molar-refractivity contribution in [1.82, 2.24) is 4.98 Å². The second-order valence-electron chi connectivity index (χ2n) is 4.40. The minimum atomic E-state index is -0.772. The summed E-state index contributed by atoms with van der Waals surface area (Å²) in [5, 5.41) is 13.9. The molecule has 0 radical (unpaired) electrons. The third-order valence-corrected chi connectivity index (χ3v) is 3.55. The van der Waals surface area contributed by atoms with E-state index in [9.17, 15) is 5.11 Å². The average molecular weight is 268 g/mol. The van der Waals surface area contributed by atoms with Crippen LogP contribution >= 0.6 is 22.9 Å². The van der Waals surface area contributed by atoms with Gasteiger partial charge in [-0.15, -0.1) is 11.3 Å². The van der Waals surface area contributed by atoms with Crippen LogP contribution in [0.4, 0.5) is 0 Å². The third-order valence-electron chi connectivity index (χ3n) is 2.51. The van der Waals surface area contributed by atoms with Crippen molar-refractivity contribution < 1.29 is 5.11 Å². The lowest BCUT2D eigenvalue weighted by molar-refractivity contribution is 0.0608. The lowest BCUT2D eigenvalue weighted by Gasteiger charge is -2.22. The summed E-state index contributed by atoms with van der Waals surface area (Å²) < 4.78 is 0. The van der Waals surface area contributed by atoms with Crippen molar-refractivity contribution in [2.75, 3.05) is 0 Å². The van der Waals surface area contributed by atoms with Crippen molar-refractivity contribution in [3.63, 3.8) is 0 Å². The van der Waals surface area contributed by atoms with E-state index in [1.165, 1.54) is 0 Å². The van der Waals surface area contributed by atoms with Crippen molar-refractivity contribution >= 4 is 22.9 Å². The van der Waals surface area contributed by atoms with E-state index in [0.717, 1.165) is 10.6 Å². The molecule has 0 saturated carbocycles. The Morgan fingerprint density at radius 3 is 2.59 bits per heavy atom. The second-order valence-corrected chi connectivity index (χ2v) is 5.82. The standard InChI is InChI=1S/C13H14ClNOS/c1-13(16,9-12-15-6-7-17-12)8-10-2-4-11(14)5-3-10/h2-7,16H,8-9H2,1H3. The van der Waals surface area contributed by atoms with E-state index in [2.05, 4.69) is 4.98 Å². The van der Waals surface area contributed by atoms with Gasteiger partial charge in [0.05, 0.1) is 10.6 Å². The van der Waals surface area contributed by atoms with E-state index < -0.39 is 5.60 Å². The Kier molecular flexibility index (Phi) is 3.82. The highest BCUT2D eigenvalue weighted by atomic mass is 35.5. The SMILES string of the molecule is CC(O)(Cc1ccc(Cl)cc1)Cc1nccs1. The molecule has 1 aromatic carbocycles. The summed E-state index contributed by atoms with van der Waals surface area (Å²) in [5.41, 5.74) is 0.307. The van der Waals surface area contributed by atoms with Crippen LogP contribution in [0.3, 0.4) is 0 Å². The Bertz CT molecular complexity index is 465. The third kappa shape index (κ3) is 3.80. The fourth-order valence-corrected chi connectivity index (χ4v) is 2.69. The molecule has 0 amide bonds. The Morgan fingerprint density at radius 2 is 2.00 bits per heavy atom. The van der Waals surface area contributed by atoms with Crippen LogP contribution in [0.2, 0.25) is 5.02 Å². The van der Waals surface area contributed by atoms with Gasteiger partial charge in [-0.05, 0) is 24.6 Å². The van der Waals surface area contributed by atoms with E-state index in [-0.39, 0.29) is 0 Å². The first-order valence-corrected chi connectivity index (χ1v) is 6.66. The van der Waals surface area contributed by atoms with Gasteiger partial charge in [-0.1, -0.05) is 23.7 Å². The minimum Gasteiger partial charge on any atom is -0.389 e. The second kappa shape index (κ2) is 5.17. The molecule has 2 nitrogen and oxygen atoms in total. The van der Waals surface area contributed by atoms with Gasteiger partial charge in [0, 0.05) is 29.4 Å². The van der Waals surface area contributed by atoms with Gasteiger partial charge in [-0.25, -0.2) is 4.98 Å². The number of hydrogen-bond donors (Lipinski definition) is 1. The van der Waals surface area contributed by atoms with Crippen molar-refractivity contribution in [3.8, 4) is 0 Å². The van der Waals surface area contributed by atoms with E-state index in [4.69, 9.17) is 11.6 Å². The molecule has 1 heterocycles. The van der Waals surface area contributed by atoms with Crippen LogP contribution in [-0.4, -0.2) is 15.7 Å². The number of rotatable bonds is 4. The van der Waals surface area contributed by atoms with Crippen molar-refractivity contribution in [3.05, 3.63) is 51.4 Å². The monoisotopic (exact) mass is 267 g/mol. The predicted molar refractivity (Wildman–Crippen MR) is 71.6 cm³/mol. The highest BCUT2D eigenvalue weighted by Crippen LogP contribution is 2.21. The first-order valence-electron chi connectivity index (χ1n) is 5.40. The molecule has 1 N–H and O–H groups in total. The molecule has 0 bridgehead atoms. The molecule has 1 atom stereocenters. The smallest absolute Gasteiger partial charge is 0.0953 e. The summed E-state index contributed by atoms with van der Waals surface area (Å²) in [7, 11) is 0. The number of thiazole rings is 1. The summed E-state index contributed by atoms with van der Waals surface area (Å²) in [5.74, 6) is 0. The number of halogens is 1. The Hall–Kier alpha value is -0.900. The maximum absolute atomic E-state index is 10.3. The van der Waals surface area contributed by atoms with Gasteiger partial charge in [-0.2, -0.15) is 0 Å². The number of aromatic nitrogens is 1. The Labute approximate surface area is 110 Å². The molecule has 17 heavy (non-hydrogen) atoms. The summed E-state index contributed by atoms with van der Waals surface area (Å²) in [6.45, 7) is 1.84. The molecule has 0 spiro atoms. The van der Waals surface area contributed by atoms with E-state index in [0.29, 0.717) is 17.9 Å². The number of hydrogen-bond acceptors (Lipinski definition) is 3. The largest absolute Gasteiger partial charge is 0.389 e. The van der Waals surface area contributed by atoms with Gasteiger partial charge in [0.15, 0.2) is 0 Å². The maximum atomic E-state index is 10.3.